The maximum Gasteiger partial charge on any atom is 0.267 e. The lowest BCUT2D eigenvalue weighted by molar-refractivity contribution is -0.128. The fourth-order valence-corrected chi connectivity index (χ4v) is 5.47. The molecule has 1 aliphatic rings. The smallest absolute Gasteiger partial charge is 0.267 e. The molecule has 0 saturated carbocycles. The van der Waals surface area contributed by atoms with Crippen LogP contribution in [0.4, 0.5) is 5.69 Å². The standard InChI is InChI=1S/C25H24N2O6S/c1-17-16-21(12-14-23(17)32-2)34(30,31)27-22(13-15-24(27)28)25(29)26-18-8-10-20(11-9-18)33-19-6-4-3-5-7-19/h3-12,14,16,22H,13,15H2,1-2H3,(H,26,29)/t22-/m1/s1. The second-order valence-electron chi connectivity index (χ2n) is 7.81. The second-order valence-corrected chi connectivity index (χ2v) is 9.62. The topological polar surface area (TPSA) is 102 Å². The molecule has 0 bridgehead atoms. The zero-order valence-electron chi connectivity index (χ0n) is 18.7. The number of carbonyl (C=O) groups excluding carboxylic acids is 2. The highest BCUT2D eigenvalue weighted by Crippen LogP contribution is 2.31. The Kier molecular flexibility index (Phi) is 6.56. The van der Waals surface area contributed by atoms with E-state index in [2.05, 4.69) is 5.32 Å². The third-order valence-corrected chi connectivity index (χ3v) is 7.31. The van der Waals surface area contributed by atoms with Gasteiger partial charge < -0.3 is 14.8 Å². The molecule has 9 heteroatoms. The summed E-state index contributed by atoms with van der Waals surface area (Å²) in [5.74, 6) is 0.606. The molecule has 1 fully saturated rings. The molecule has 0 spiro atoms. The number of hydrogen-bond donors (Lipinski definition) is 1. The van der Waals surface area contributed by atoms with Crippen LogP contribution in [-0.4, -0.2) is 37.7 Å². The van der Waals surface area contributed by atoms with Gasteiger partial charge in [0.15, 0.2) is 0 Å². The van der Waals surface area contributed by atoms with Crippen LogP contribution in [0.2, 0.25) is 0 Å². The third kappa shape index (κ3) is 4.74. The number of nitrogens with one attached hydrogen (secondary N) is 1. The van der Waals surface area contributed by atoms with Gasteiger partial charge in [-0.15, -0.1) is 0 Å². The first-order chi connectivity index (χ1) is 16.3. The Bertz CT molecular complexity index is 1310. The molecule has 2 amide bonds. The fraction of sp³-hybridized carbons (Fsp3) is 0.200. The molecule has 3 aromatic carbocycles. The average Bonchev–Trinajstić information content (AvgIpc) is 3.23. The Hall–Kier alpha value is -3.85. The normalized spacial score (nSPS) is 15.8. The van der Waals surface area contributed by atoms with Gasteiger partial charge in [-0.3, -0.25) is 9.59 Å². The Morgan fingerprint density at radius 3 is 2.32 bits per heavy atom. The van der Waals surface area contributed by atoms with Crippen molar-refractivity contribution < 1.29 is 27.5 Å². The Morgan fingerprint density at radius 1 is 1.00 bits per heavy atom. The number of carbonyl (C=O) groups is 2. The molecular formula is C25H24N2O6S. The van der Waals surface area contributed by atoms with E-state index < -0.39 is 27.9 Å². The molecule has 1 atom stereocenters. The molecule has 1 saturated heterocycles. The molecule has 34 heavy (non-hydrogen) atoms. The van der Waals surface area contributed by atoms with E-state index >= 15 is 0 Å². The van der Waals surface area contributed by atoms with Crippen LogP contribution < -0.4 is 14.8 Å². The van der Waals surface area contributed by atoms with E-state index in [1.165, 1.54) is 25.3 Å². The quantitative estimate of drug-likeness (QED) is 0.546. The van der Waals surface area contributed by atoms with Crippen LogP contribution in [0.25, 0.3) is 0 Å². The van der Waals surface area contributed by atoms with Crippen molar-refractivity contribution in [1.82, 2.24) is 4.31 Å². The summed E-state index contributed by atoms with van der Waals surface area (Å²) in [5.41, 5.74) is 1.07. The van der Waals surface area contributed by atoms with Gasteiger partial charge in [-0.25, -0.2) is 12.7 Å². The van der Waals surface area contributed by atoms with E-state index in [0.29, 0.717) is 32.8 Å². The Morgan fingerprint density at radius 2 is 1.68 bits per heavy atom. The molecule has 3 aromatic rings. The predicted molar refractivity (Wildman–Crippen MR) is 126 cm³/mol. The van der Waals surface area contributed by atoms with Gasteiger partial charge in [0.1, 0.15) is 23.3 Å². The van der Waals surface area contributed by atoms with E-state index in [-0.39, 0.29) is 17.7 Å². The van der Waals surface area contributed by atoms with Gasteiger partial charge in [-0.2, -0.15) is 0 Å². The summed E-state index contributed by atoms with van der Waals surface area (Å²) in [4.78, 5) is 25.4. The molecule has 8 nitrogen and oxygen atoms in total. The highest BCUT2D eigenvalue weighted by atomic mass is 32.2. The van der Waals surface area contributed by atoms with Crippen molar-refractivity contribution in [3.63, 3.8) is 0 Å². The van der Waals surface area contributed by atoms with Gasteiger partial charge in [0.25, 0.3) is 10.0 Å². The van der Waals surface area contributed by atoms with Crippen LogP contribution in [-0.2, 0) is 19.6 Å². The van der Waals surface area contributed by atoms with Crippen molar-refractivity contribution in [2.75, 3.05) is 12.4 Å². The largest absolute Gasteiger partial charge is 0.496 e. The number of hydrogen-bond acceptors (Lipinski definition) is 6. The summed E-state index contributed by atoms with van der Waals surface area (Å²) in [7, 11) is -2.73. The van der Waals surface area contributed by atoms with Gasteiger partial charge in [-0.1, -0.05) is 18.2 Å². The van der Waals surface area contributed by atoms with Gasteiger partial charge in [-0.05, 0) is 73.5 Å². The summed E-state index contributed by atoms with van der Waals surface area (Å²) in [6, 6.07) is 19.1. The van der Waals surface area contributed by atoms with E-state index in [0.717, 1.165) is 0 Å². The zero-order valence-corrected chi connectivity index (χ0v) is 19.5. The van der Waals surface area contributed by atoms with Crippen molar-refractivity contribution in [3.05, 3.63) is 78.4 Å². The summed E-state index contributed by atoms with van der Waals surface area (Å²) in [6.07, 6.45) is 0.0740. The molecule has 4 rings (SSSR count). The molecule has 1 heterocycles. The highest BCUT2D eigenvalue weighted by molar-refractivity contribution is 7.89. The first-order valence-electron chi connectivity index (χ1n) is 10.7. The Balaban J connectivity index is 1.50. The second kappa shape index (κ2) is 9.56. The van der Waals surface area contributed by atoms with Crippen molar-refractivity contribution >= 4 is 27.5 Å². The van der Waals surface area contributed by atoms with E-state index in [1.54, 1.807) is 31.2 Å². The van der Waals surface area contributed by atoms with Gasteiger partial charge >= 0.3 is 0 Å². The van der Waals surface area contributed by atoms with E-state index in [1.807, 2.05) is 30.3 Å². The summed E-state index contributed by atoms with van der Waals surface area (Å²) >= 11 is 0. The lowest BCUT2D eigenvalue weighted by Gasteiger charge is -2.24. The summed E-state index contributed by atoms with van der Waals surface area (Å²) in [6.45, 7) is 1.71. The first-order valence-corrected chi connectivity index (χ1v) is 12.1. The van der Waals surface area contributed by atoms with Crippen LogP contribution in [0.3, 0.4) is 0 Å². The molecule has 0 aromatic heterocycles. The summed E-state index contributed by atoms with van der Waals surface area (Å²) < 4.78 is 38.1. The monoisotopic (exact) mass is 480 g/mol. The number of anilines is 1. The van der Waals surface area contributed by atoms with Gasteiger partial charge in [0, 0.05) is 12.1 Å². The molecular weight excluding hydrogens is 456 g/mol. The lowest BCUT2D eigenvalue weighted by atomic mass is 10.2. The van der Waals surface area contributed by atoms with Gasteiger partial charge in [0.05, 0.1) is 12.0 Å². The number of methoxy groups -OCH3 is 1. The lowest BCUT2D eigenvalue weighted by Crippen LogP contribution is -2.45. The molecule has 0 unspecified atom stereocenters. The molecule has 176 valence electrons. The van der Waals surface area contributed by atoms with Crippen LogP contribution >= 0.6 is 0 Å². The summed E-state index contributed by atoms with van der Waals surface area (Å²) in [5, 5.41) is 2.71. The predicted octanol–water partition coefficient (Wildman–Crippen LogP) is 4.11. The minimum atomic E-state index is -4.22. The van der Waals surface area contributed by atoms with E-state index in [9.17, 15) is 18.0 Å². The number of para-hydroxylation sites is 1. The Labute approximate surface area is 198 Å². The number of sulfonamides is 1. The van der Waals surface area contributed by atoms with Crippen molar-refractivity contribution in [2.45, 2.75) is 30.7 Å². The third-order valence-electron chi connectivity index (χ3n) is 5.49. The highest BCUT2D eigenvalue weighted by Gasteiger charge is 2.44. The van der Waals surface area contributed by atoms with Crippen molar-refractivity contribution in [3.8, 4) is 17.2 Å². The maximum absolute atomic E-state index is 13.2. The van der Waals surface area contributed by atoms with E-state index in [4.69, 9.17) is 9.47 Å². The van der Waals surface area contributed by atoms with Crippen LogP contribution in [0, 0.1) is 6.92 Å². The van der Waals surface area contributed by atoms with Crippen LogP contribution in [0.5, 0.6) is 17.2 Å². The number of aryl methyl sites for hydroxylation is 1. The number of benzene rings is 3. The van der Waals surface area contributed by atoms with Gasteiger partial charge in [0.2, 0.25) is 11.8 Å². The van der Waals surface area contributed by atoms with Crippen molar-refractivity contribution in [1.29, 1.82) is 0 Å². The minimum Gasteiger partial charge on any atom is -0.496 e. The number of rotatable bonds is 7. The van der Waals surface area contributed by atoms with Crippen molar-refractivity contribution in [2.24, 2.45) is 0 Å². The molecule has 1 aliphatic heterocycles. The average molecular weight is 481 g/mol. The minimum absolute atomic E-state index is 0.0314. The molecule has 0 aliphatic carbocycles. The molecule has 0 radical (unpaired) electrons. The maximum atomic E-state index is 13.2. The fourth-order valence-electron chi connectivity index (χ4n) is 3.78. The number of amides is 2. The number of ether oxygens (including phenoxy) is 2. The molecule has 1 N–H and O–H groups in total. The number of nitrogens with zero attached hydrogens (tertiary/aromatic N) is 1. The first kappa shape index (κ1) is 23.3. The van der Waals surface area contributed by atoms with Crippen LogP contribution in [0.15, 0.2) is 77.7 Å². The SMILES string of the molecule is COc1ccc(S(=O)(=O)N2C(=O)CC[C@@H]2C(=O)Nc2ccc(Oc3ccccc3)cc2)cc1C. The van der Waals surface area contributed by atoms with Crippen LogP contribution in [0.1, 0.15) is 18.4 Å². The zero-order chi connectivity index (χ0) is 24.3.